The summed E-state index contributed by atoms with van der Waals surface area (Å²) in [4.78, 5) is 79.4. The number of carbonyl (C=O) groups is 5. The van der Waals surface area contributed by atoms with Gasteiger partial charge in [0.25, 0.3) is 5.91 Å². The fraction of sp³-hybridized carbons (Fsp3) is 0.379. The number of aryl methyl sites for hydroxylation is 1. The van der Waals surface area contributed by atoms with Crippen LogP contribution >= 0.6 is 11.3 Å². The summed E-state index contributed by atoms with van der Waals surface area (Å²) in [5.41, 5.74) is 7.37. The maximum absolute atomic E-state index is 14.1. The molecule has 3 aromatic heterocycles. The molecule has 1 unspecified atom stereocenters. The van der Waals surface area contributed by atoms with Crippen LogP contribution in [0.1, 0.15) is 115 Å². The molecule has 3 aliphatic heterocycles. The molecule has 3 aliphatic rings. The second kappa shape index (κ2) is 21.8. The standard InChI is InChI=1S/C58H63N9O7S/c1-35-39(40-23-25-49(61-53(40)56(72)74-58(2,3)4)67-29-27-37-15-10-17-41(44(37)33-67)54(70)63-57-60-45-18-6-7-20-48(45)75-57)16-11-19-47(35)73-30-9-8-13-36-14-12-28-66(32-36)34-51(69)59-38-21-22-42-46(31-38)65(5)64-52(42)43-24-26-50(68)62-55(43)71/h6-7,10-11,15-23,25,31,36,43H,8-9,12-14,24,26-30,32-34H2,1-5H3,(H,59,69)(H,60,63,70)(H,62,68,71)/t36-,43?/m0/s1. The third-order valence-corrected chi connectivity index (χ3v) is 15.3. The van der Waals surface area contributed by atoms with Crippen LogP contribution in [0.3, 0.4) is 0 Å². The Morgan fingerprint density at radius 2 is 1.72 bits per heavy atom. The molecule has 0 bridgehead atoms. The van der Waals surface area contributed by atoms with Gasteiger partial charge in [-0.05, 0) is 162 Å². The normalized spacial score (nSPS) is 17.2. The SMILES string of the molecule is Cc1c(OCCCC[C@H]2CCCN(CC(=O)Nc3ccc4c(C5CCC(=O)NC5=O)nn(C)c4c3)C2)cccc1-c1ccc(N2CCc3cccc(C(=O)Nc4nc5ccccc5s4)c3C2)nc1C(=O)OC(C)(C)C. The number of piperidine rings is 2. The number of likely N-dealkylation sites (tertiary alicyclic amines) is 1. The Hall–Kier alpha value is -7.50. The third kappa shape index (κ3) is 11.6. The van der Waals surface area contributed by atoms with Gasteiger partial charge in [-0.25, -0.2) is 14.8 Å². The maximum atomic E-state index is 14.1. The van der Waals surface area contributed by atoms with Crippen LogP contribution in [0.15, 0.2) is 91.0 Å². The quantitative estimate of drug-likeness (QED) is 0.0502. The summed E-state index contributed by atoms with van der Waals surface area (Å²) in [5.74, 6) is -0.0683. The summed E-state index contributed by atoms with van der Waals surface area (Å²) in [6, 6.07) is 29.0. The first-order valence-corrected chi connectivity index (χ1v) is 26.8. The molecule has 10 rings (SSSR count). The number of benzene rings is 4. The smallest absolute Gasteiger partial charge is 0.358 e. The molecule has 16 nitrogen and oxygen atoms in total. The van der Waals surface area contributed by atoms with E-state index < -0.39 is 17.5 Å². The van der Waals surface area contributed by atoms with E-state index in [1.165, 1.54) is 11.3 Å². The first-order chi connectivity index (χ1) is 36.1. The number of esters is 1. The number of thiazole rings is 1. The predicted octanol–water partition coefficient (Wildman–Crippen LogP) is 9.74. The van der Waals surface area contributed by atoms with E-state index in [1.54, 1.807) is 4.68 Å². The molecule has 0 aliphatic carbocycles. The van der Waals surface area contributed by atoms with Gasteiger partial charge in [0.2, 0.25) is 17.7 Å². The van der Waals surface area contributed by atoms with Crippen molar-refractivity contribution in [2.24, 2.45) is 13.0 Å². The lowest BCUT2D eigenvalue weighted by Gasteiger charge is -2.32. The Kier molecular flexibility index (Phi) is 14.8. The average Bonchev–Trinajstić information content (AvgIpc) is 3.96. The fourth-order valence-corrected chi connectivity index (χ4v) is 11.6. The molecular formula is C58H63N9O7S. The molecule has 2 fully saturated rings. The van der Waals surface area contributed by atoms with Crippen molar-refractivity contribution in [2.75, 3.05) is 48.3 Å². The minimum Gasteiger partial charge on any atom is -0.493 e. The minimum absolute atomic E-state index is 0.0783. The molecule has 17 heteroatoms. The van der Waals surface area contributed by atoms with Crippen molar-refractivity contribution in [3.63, 3.8) is 0 Å². The van der Waals surface area contributed by atoms with Crippen LogP contribution in [0.2, 0.25) is 0 Å². The number of imide groups is 1. The zero-order valence-corrected chi connectivity index (χ0v) is 44.0. The summed E-state index contributed by atoms with van der Waals surface area (Å²) in [7, 11) is 1.81. The number of hydrogen-bond acceptors (Lipinski definition) is 13. The van der Waals surface area contributed by atoms with Gasteiger partial charge < -0.3 is 19.7 Å². The Bertz CT molecular complexity index is 3310. The number of anilines is 3. The lowest BCUT2D eigenvalue weighted by Crippen LogP contribution is -2.40. The van der Waals surface area contributed by atoms with Gasteiger partial charge in [-0.2, -0.15) is 5.10 Å². The van der Waals surface area contributed by atoms with E-state index in [0.717, 1.165) is 94.3 Å². The number of unbranched alkanes of at least 4 members (excludes halogenated alkanes) is 1. The topological polar surface area (TPSA) is 190 Å². The number of nitrogens with zero attached hydrogens (tertiary/aromatic N) is 6. The van der Waals surface area contributed by atoms with E-state index in [1.807, 2.05) is 120 Å². The Balaban J connectivity index is 0.745. The van der Waals surface area contributed by atoms with E-state index in [0.29, 0.717) is 78.5 Å². The van der Waals surface area contributed by atoms with Crippen LogP contribution in [0.25, 0.3) is 32.2 Å². The number of fused-ring (bicyclic) bond motifs is 3. The van der Waals surface area contributed by atoms with Gasteiger partial charge in [-0.1, -0.05) is 47.7 Å². The molecule has 0 spiro atoms. The number of rotatable bonds is 15. The van der Waals surface area contributed by atoms with E-state index >= 15 is 0 Å². The molecule has 75 heavy (non-hydrogen) atoms. The van der Waals surface area contributed by atoms with Crippen molar-refractivity contribution in [1.82, 2.24) is 30.0 Å². The predicted molar refractivity (Wildman–Crippen MR) is 291 cm³/mol. The lowest BCUT2D eigenvalue weighted by molar-refractivity contribution is -0.134. The largest absolute Gasteiger partial charge is 0.493 e. The van der Waals surface area contributed by atoms with Crippen molar-refractivity contribution < 1.29 is 33.4 Å². The van der Waals surface area contributed by atoms with Gasteiger partial charge in [0, 0.05) is 55.3 Å². The molecule has 3 N–H and O–H groups in total. The lowest BCUT2D eigenvalue weighted by atomic mass is 9.92. The zero-order valence-electron chi connectivity index (χ0n) is 43.2. The van der Waals surface area contributed by atoms with E-state index in [4.69, 9.17) is 14.5 Å². The van der Waals surface area contributed by atoms with Gasteiger partial charge in [0.15, 0.2) is 10.8 Å². The summed E-state index contributed by atoms with van der Waals surface area (Å²) in [6.45, 7) is 11.2. The summed E-state index contributed by atoms with van der Waals surface area (Å²) in [5, 5.41) is 14.5. The van der Waals surface area contributed by atoms with Crippen molar-refractivity contribution in [1.29, 1.82) is 0 Å². The van der Waals surface area contributed by atoms with Gasteiger partial charge in [0.1, 0.15) is 17.2 Å². The molecule has 2 atom stereocenters. The van der Waals surface area contributed by atoms with E-state index in [2.05, 4.69) is 41.9 Å². The number of para-hydroxylation sites is 1. The van der Waals surface area contributed by atoms with Crippen molar-refractivity contribution >= 4 is 78.7 Å². The number of carbonyl (C=O) groups excluding carboxylic acids is 5. The highest BCUT2D eigenvalue weighted by Gasteiger charge is 2.32. The minimum atomic E-state index is -0.751. The molecule has 4 aromatic carbocycles. The number of ether oxygens (including phenoxy) is 2. The van der Waals surface area contributed by atoms with E-state index in [9.17, 15) is 24.0 Å². The number of hydrogen-bond donors (Lipinski definition) is 3. The second-order valence-corrected chi connectivity index (χ2v) is 22.0. The van der Waals surface area contributed by atoms with Gasteiger partial charge >= 0.3 is 5.97 Å². The van der Waals surface area contributed by atoms with Crippen molar-refractivity contribution in [2.45, 2.75) is 97.1 Å². The molecule has 7 aromatic rings. The van der Waals surface area contributed by atoms with Crippen LogP contribution in [0.4, 0.5) is 16.6 Å². The Morgan fingerprint density at radius 3 is 2.55 bits per heavy atom. The fourth-order valence-electron chi connectivity index (χ4n) is 10.7. The summed E-state index contributed by atoms with van der Waals surface area (Å²) >= 11 is 1.44. The highest BCUT2D eigenvalue weighted by Crippen LogP contribution is 2.37. The average molecular weight is 1030 g/mol. The second-order valence-electron chi connectivity index (χ2n) is 20.9. The molecule has 4 amide bonds. The van der Waals surface area contributed by atoms with Crippen LogP contribution in [0, 0.1) is 12.8 Å². The molecule has 6 heterocycles. The third-order valence-electron chi connectivity index (χ3n) is 14.4. The van der Waals surface area contributed by atoms with Gasteiger partial charge in [-0.15, -0.1) is 0 Å². The molecule has 388 valence electrons. The molecular weight excluding hydrogens is 967 g/mol. The molecule has 0 radical (unpaired) electrons. The van der Waals surface area contributed by atoms with Crippen molar-refractivity contribution in [3.05, 3.63) is 125 Å². The van der Waals surface area contributed by atoms with Crippen LogP contribution in [-0.4, -0.2) is 92.6 Å². The first kappa shape index (κ1) is 51.0. The van der Waals surface area contributed by atoms with Crippen molar-refractivity contribution in [3.8, 4) is 16.9 Å². The highest BCUT2D eigenvalue weighted by molar-refractivity contribution is 7.22. The summed E-state index contributed by atoms with van der Waals surface area (Å²) < 4.78 is 15.1. The zero-order chi connectivity index (χ0) is 52.4. The van der Waals surface area contributed by atoms with Crippen LogP contribution < -0.4 is 25.6 Å². The van der Waals surface area contributed by atoms with Crippen LogP contribution in [0.5, 0.6) is 5.75 Å². The number of aromatic nitrogens is 4. The Morgan fingerprint density at radius 1 is 0.880 bits per heavy atom. The number of pyridine rings is 1. The van der Waals surface area contributed by atoms with Gasteiger partial charge in [-0.3, -0.25) is 39.4 Å². The van der Waals surface area contributed by atoms with E-state index in [-0.39, 0.29) is 35.7 Å². The Labute approximate surface area is 440 Å². The summed E-state index contributed by atoms with van der Waals surface area (Å²) in [6.07, 6.45) is 6.43. The maximum Gasteiger partial charge on any atom is 0.358 e. The highest BCUT2D eigenvalue weighted by atomic mass is 32.1. The first-order valence-electron chi connectivity index (χ1n) is 26.0. The van der Waals surface area contributed by atoms with Crippen LogP contribution in [-0.2, 0) is 39.1 Å². The molecule has 2 saturated heterocycles. The number of nitrogens with one attached hydrogen (secondary N) is 3. The monoisotopic (exact) mass is 1030 g/mol. The van der Waals surface area contributed by atoms with Gasteiger partial charge in [0.05, 0.1) is 40.5 Å². The number of amides is 4. The molecule has 0 saturated carbocycles.